The Balaban J connectivity index is 1.82. The van der Waals surface area contributed by atoms with E-state index in [-0.39, 0.29) is 5.56 Å². The maximum Gasteiger partial charge on any atom is 0.267 e. The van der Waals surface area contributed by atoms with Crippen LogP contribution in [0.15, 0.2) is 88.8 Å². The fourth-order valence-electron chi connectivity index (χ4n) is 2.95. The van der Waals surface area contributed by atoms with Crippen molar-refractivity contribution in [1.82, 2.24) is 9.55 Å². The average molecular weight is 369 g/mol. The molecule has 0 saturated carbocycles. The minimum atomic E-state index is -0.153. The lowest BCUT2D eigenvalue weighted by molar-refractivity contribution is 0.955. The molecule has 1 aromatic heterocycles. The van der Waals surface area contributed by atoms with Gasteiger partial charge >= 0.3 is 0 Å². The van der Waals surface area contributed by atoms with Gasteiger partial charge in [0.2, 0.25) is 5.95 Å². The van der Waals surface area contributed by atoms with E-state index in [0.717, 1.165) is 11.3 Å². The van der Waals surface area contributed by atoms with Crippen LogP contribution in [0.2, 0.25) is 0 Å². The minimum absolute atomic E-state index is 0.153. The number of nitrogens with zero attached hydrogens (tertiary/aromatic N) is 3. The van der Waals surface area contributed by atoms with Crippen molar-refractivity contribution in [3.8, 4) is 5.69 Å². The quantitative estimate of drug-likeness (QED) is 0.325. The molecule has 4 rings (SSSR count). The molecule has 0 aliphatic heterocycles. The average Bonchev–Trinajstić information content (AvgIpc) is 2.73. The number of fused-ring (bicyclic) bond motifs is 1. The van der Waals surface area contributed by atoms with E-state index in [1.54, 1.807) is 6.07 Å². The highest BCUT2D eigenvalue weighted by Crippen LogP contribution is 2.16. The lowest BCUT2D eigenvalue weighted by Crippen LogP contribution is -2.23. The maximum atomic E-state index is 13.1. The standard InChI is InChI=1S/C22H19N5O/c1-15(16-11-13-17(23)14-12-16)25-26-22-24-20-10-6-5-9-19(20)21(28)27(22)18-7-3-2-4-8-18/h2-14H,23H2,1H3,(H,24,26). The van der Waals surface area contributed by atoms with Gasteiger partial charge in [-0.2, -0.15) is 5.10 Å². The van der Waals surface area contributed by atoms with E-state index >= 15 is 0 Å². The summed E-state index contributed by atoms with van der Waals surface area (Å²) in [5.41, 5.74) is 12.3. The predicted octanol–water partition coefficient (Wildman–Crippen LogP) is 3.80. The highest BCUT2D eigenvalue weighted by atomic mass is 16.1. The first-order valence-corrected chi connectivity index (χ1v) is 8.87. The van der Waals surface area contributed by atoms with Crippen LogP contribution in [0.25, 0.3) is 16.6 Å². The third kappa shape index (κ3) is 3.35. The number of anilines is 2. The lowest BCUT2D eigenvalue weighted by Gasteiger charge is -2.13. The van der Waals surface area contributed by atoms with Gasteiger partial charge in [0.25, 0.3) is 5.56 Å². The summed E-state index contributed by atoms with van der Waals surface area (Å²) in [6.45, 7) is 1.88. The van der Waals surface area contributed by atoms with E-state index in [9.17, 15) is 4.79 Å². The van der Waals surface area contributed by atoms with Crippen LogP contribution >= 0.6 is 0 Å². The van der Waals surface area contributed by atoms with Crippen LogP contribution in [-0.2, 0) is 0 Å². The second-order valence-corrected chi connectivity index (χ2v) is 6.36. The van der Waals surface area contributed by atoms with Gasteiger partial charge in [-0.1, -0.05) is 42.5 Å². The molecule has 1 heterocycles. The van der Waals surface area contributed by atoms with Crippen molar-refractivity contribution in [3.05, 3.63) is 94.8 Å². The molecular formula is C22H19N5O. The largest absolute Gasteiger partial charge is 0.399 e. The molecule has 6 heteroatoms. The molecule has 0 aliphatic rings. The Hall–Kier alpha value is -3.93. The van der Waals surface area contributed by atoms with Crippen LogP contribution in [0.5, 0.6) is 0 Å². The number of hydrazone groups is 1. The van der Waals surface area contributed by atoms with Gasteiger partial charge in [-0.05, 0) is 48.9 Å². The number of nitrogen functional groups attached to an aromatic ring is 1. The molecule has 0 aliphatic carbocycles. The van der Waals surface area contributed by atoms with Gasteiger partial charge in [0.1, 0.15) is 0 Å². The van der Waals surface area contributed by atoms with Gasteiger partial charge in [0, 0.05) is 5.69 Å². The molecule has 0 unspecified atom stereocenters. The van der Waals surface area contributed by atoms with Crippen LogP contribution < -0.4 is 16.7 Å². The summed E-state index contributed by atoms with van der Waals surface area (Å²) in [5, 5.41) is 4.98. The van der Waals surface area contributed by atoms with Crippen molar-refractivity contribution >= 4 is 28.3 Å². The van der Waals surface area contributed by atoms with Crippen molar-refractivity contribution in [2.45, 2.75) is 6.92 Å². The zero-order chi connectivity index (χ0) is 19.5. The Bertz CT molecular complexity index is 1210. The molecule has 0 saturated heterocycles. The topological polar surface area (TPSA) is 85.3 Å². The van der Waals surface area contributed by atoms with Gasteiger partial charge in [0.15, 0.2) is 0 Å². The Kier molecular flexibility index (Phi) is 4.60. The number of nitrogens with one attached hydrogen (secondary N) is 1. The molecule has 3 N–H and O–H groups in total. The monoisotopic (exact) mass is 369 g/mol. The molecular weight excluding hydrogens is 350 g/mol. The summed E-state index contributed by atoms with van der Waals surface area (Å²) in [7, 11) is 0. The van der Waals surface area contributed by atoms with E-state index in [0.29, 0.717) is 28.2 Å². The van der Waals surface area contributed by atoms with Crippen molar-refractivity contribution < 1.29 is 0 Å². The number of aromatic nitrogens is 2. The summed E-state index contributed by atoms with van der Waals surface area (Å²) < 4.78 is 1.53. The third-order valence-corrected chi connectivity index (χ3v) is 4.44. The fourth-order valence-corrected chi connectivity index (χ4v) is 2.95. The Labute approximate surface area is 162 Å². The normalized spacial score (nSPS) is 11.5. The SMILES string of the molecule is CC(=NNc1nc2ccccc2c(=O)n1-c1ccccc1)c1ccc(N)cc1. The number of hydrogen-bond donors (Lipinski definition) is 2. The summed E-state index contributed by atoms with van der Waals surface area (Å²) >= 11 is 0. The van der Waals surface area contributed by atoms with Gasteiger partial charge < -0.3 is 5.73 Å². The third-order valence-electron chi connectivity index (χ3n) is 4.44. The summed E-state index contributed by atoms with van der Waals surface area (Å²) in [4.78, 5) is 17.7. The molecule has 0 fully saturated rings. The van der Waals surface area contributed by atoms with Gasteiger partial charge in [0.05, 0.1) is 22.3 Å². The van der Waals surface area contributed by atoms with E-state index in [1.165, 1.54) is 4.57 Å². The molecule has 0 bridgehead atoms. The molecule has 28 heavy (non-hydrogen) atoms. The number of para-hydroxylation sites is 2. The fraction of sp³-hybridized carbons (Fsp3) is 0.0455. The van der Waals surface area contributed by atoms with Crippen molar-refractivity contribution in [3.63, 3.8) is 0 Å². The summed E-state index contributed by atoms with van der Waals surface area (Å²) in [6, 6.07) is 24.1. The van der Waals surface area contributed by atoms with Gasteiger partial charge in [-0.15, -0.1) is 0 Å². The maximum absolute atomic E-state index is 13.1. The highest BCUT2D eigenvalue weighted by Gasteiger charge is 2.12. The number of hydrogen-bond acceptors (Lipinski definition) is 5. The van der Waals surface area contributed by atoms with E-state index < -0.39 is 0 Å². The number of benzene rings is 3. The summed E-state index contributed by atoms with van der Waals surface area (Å²) in [6.07, 6.45) is 0. The minimum Gasteiger partial charge on any atom is -0.399 e. The Morgan fingerprint density at radius 1 is 0.964 bits per heavy atom. The molecule has 0 radical (unpaired) electrons. The first-order chi connectivity index (χ1) is 13.6. The van der Waals surface area contributed by atoms with Crippen LogP contribution in [0, 0.1) is 0 Å². The van der Waals surface area contributed by atoms with Crippen LogP contribution in [0.1, 0.15) is 12.5 Å². The van der Waals surface area contributed by atoms with Crippen LogP contribution in [0.3, 0.4) is 0 Å². The highest BCUT2D eigenvalue weighted by molar-refractivity contribution is 5.99. The second kappa shape index (κ2) is 7.36. The second-order valence-electron chi connectivity index (χ2n) is 6.36. The Morgan fingerprint density at radius 3 is 2.39 bits per heavy atom. The van der Waals surface area contributed by atoms with Crippen LogP contribution in [-0.4, -0.2) is 15.3 Å². The molecule has 138 valence electrons. The zero-order valence-electron chi connectivity index (χ0n) is 15.3. The zero-order valence-corrected chi connectivity index (χ0v) is 15.3. The van der Waals surface area contributed by atoms with Gasteiger partial charge in [-0.3, -0.25) is 4.79 Å². The van der Waals surface area contributed by atoms with Gasteiger partial charge in [-0.25, -0.2) is 15.0 Å². The van der Waals surface area contributed by atoms with Crippen molar-refractivity contribution in [2.75, 3.05) is 11.2 Å². The molecule has 4 aromatic rings. The summed E-state index contributed by atoms with van der Waals surface area (Å²) in [5.74, 6) is 0.352. The lowest BCUT2D eigenvalue weighted by atomic mass is 10.1. The smallest absolute Gasteiger partial charge is 0.267 e. The molecule has 6 nitrogen and oxygen atoms in total. The number of rotatable bonds is 4. The first-order valence-electron chi connectivity index (χ1n) is 8.87. The molecule has 0 amide bonds. The Morgan fingerprint density at radius 2 is 1.64 bits per heavy atom. The van der Waals surface area contributed by atoms with E-state index in [4.69, 9.17) is 5.73 Å². The van der Waals surface area contributed by atoms with E-state index in [1.807, 2.05) is 79.7 Å². The number of nitrogens with two attached hydrogens (primary N) is 1. The van der Waals surface area contributed by atoms with Crippen molar-refractivity contribution in [1.29, 1.82) is 0 Å². The van der Waals surface area contributed by atoms with Crippen LogP contribution in [0.4, 0.5) is 11.6 Å². The van der Waals surface area contributed by atoms with E-state index in [2.05, 4.69) is 15.5 Å². The first kappa shape index (κ1) is 17.5. The molecule has 3 aromatic carbocycles. The van der Waals surface area contributed by atoms with Crippen molar-refractivity contribution in [2.24, 2.45) is 5.10 Å². The molecule has 0 atom stereocenters. The molecule has 0 spiro atoms. The predicted molar refractivity (Wildman–Crippen MR) is 114 cm³/mol.